The van der Waals surface area contributed by atoms with E-state index in [0.29, 0.717) is 0 Å². The largest absolute Gasteiger partial charge is 0.496 e. The van der Waals surface area contributed by atoms with Crippen molar-refractivity contribution in [3.8, 4) is 0 Å². The van der Waals surface area contributed by atoms with Gasteiger partial charge < -0.3 is 9.31 Å². The van der Waals surface area contributed by atoms with Gasteiger partial charge in [0.15, 0.2) is 0 Å². The third-order valence-corrected chi connectivity index (χ3v) is 5.56. The maximum absolute atomic E-state index is 6.52. The summed E-state index contributed by atoms with van der Waals surface area (Å²) in [4.78, 5) is 1.08. The molecule has 2 nitrogen and oxygen atoms in total. The lowest BCUT2D eigenvalue weighted by molar-refractivity contribution is 0.00578. The molecule has 1 heterocycles. The van der Waals surface area contributed by atoms with Gasteiger partial charge in [0.1, 0.15) is 0 Å². The highest BCUT2D eigenvalue weighted by molar-refractivity contribution is 7.98. The van der Waals surface area contributed by atoms with Crippen molar-refractivity contribution in [3.05, 3.63) is 22.7 Å². The average Bonchev–Trinajstić information content (AvgIpc) is 2.58. The Hall–Kier alpha value is -0.155. The SMILES string of the molecule is CCc1cc(SC)c(Cl)c(B2OC(C)(C)C(C)(C)O2)c1. The Balaban J connectivity index is 2.44. The van der Waals surface area contributed by atoms with Crippen molar-refractivity contribution in [2.24, 2.45) is 0 Å². The van der Waals surface area contributed by atoms with E-state index in [0.717, 1.165) is 21.8 Å². The summed E-state index contributed by atoms with van der Waals surface area (Å²) >= 11 is 8.18. The second-order valence-corrected chi connectivity index (χ2v) is 7.37. The molecular weight excluding hydrogens is 290 g/mol. The lowest BCUT2D eigenvalue weighted by Crippen LogP contribution is -2.41. The first kappa shape index (κ1) is 16.2. The molecule has 2 rings (SSSR count). The van der Waals surface area contributed by atoms with E-state index in [1.54, 1.807) is 11.8 Å². The topological polar surface area (TPSA) is 18.5 Å². The van der Waals surface area contributed by atoms with Gasteiger partial charge in [0.25, 0.3) is 0 Å². The van der Waals surface area contributed by atoms with Crippen LogP contribution in [-0.2, 0) is 15.7 Å². The molecule has 1 aromatic carbocycles. The van der Waals surface area contributed by atoms with Crippen LogP contribution < -0.4 is 5.46 Å². The zero-order valence-electron chi connectivity index (χ0n) is 13.0. The molecule has 0 atom stereocenters. The average molecular weight is 313 g/mol. The van der Waals surface area contributed by atoms with Gasteiger partial charge in [-0.05, 0) is 52.0 Å². The van der Waals surface area contributed by atoms with E-state index in [4.69, 9.17) is 20.9 Å². The summed E-state index contributed by atoms with van der Waals surface area (Å²) < 4.78 is 12.2. The van der Waals surface area contributed by atoms with Crippen molar-refractivity contribution in [2.45, 2.75) is 57.1 Å². The van der Waals surface area contributed by atoms with Gasteiger partial charge in [0.2, 0.25) is 0 Å². The first-order valence-electron chi connectivity index (χ1n) is 6.94. The molecule has 0 amide bonds. The molecule has 110 valence electrons. The van der Waals surface area contributed by atoms with Crippen LogP contribution in [0.15, 0.2) is 17.0 Å². The Bertz CT molecular complexity index is 501. The minimum absolute atomic E-state index is 0.345. The van der Waals surface area contributed by atoms with Crippen LogP contribution in [0.2, 0.25) is 5.02 Å². The highest BCUT2D eigenvalue weighted by Gasteiger charge is 2.52. The Morgan fingerprint density at radius 2 is 1.70 bits per heavy atom. The van der Waals surface area contributed by atoms with Gasteiger partial charge in [-0.1, -0.05) is 24.6 Å². The quantitative estimate of drug-likeness (QED) is 0.622. The summed E-state index contributed by atoms with van der Waals surface area (Å²) in [7, 11) is -0.398. The first-order chi connectivity index (χ1) is 9.21. The number of benzene rings is 1. The molecule has 1 saturated heterocycles. The predicted molar refractivity (Wildman–Crippen MR) is 88.3 cm³/mol. The fraction of sp³-hybridized carbons (Fsp3) is 0.600. The van der Waals surface area contributed by atoms with Crippen LogP contribution in [-0.4, -0.2) is 24.6 Å². The molecule has 0 spiro atoms. The minimum atomic E-state index is -0.398. The number of rotatable bonds is 3. The van der Waals surface area contributed by atoms with E-state index >= 15 is 0 Å². The predicted octanol–water partition coefficient (Wildman–Crippen LogP) is 3.92. The fourth-order valence-corrected chi connectivity index (χ4v) is 3.17. The molecule has 1 aromatic rings. The van der Waals surface area contributed by atoms with Gasteiger partial charge in [-0.15, -0.1) is 11.8 Å². The second-order valence-electron chi connectivity index (χ2n) is 6.14. The van der Waals surface area contributed by atoms with E-state index in [1.165, 1.54) is 5.56 Å². The van der Waals surface area contributed by atoms with Crippen LogP contribution in [0, 0.1) is 0 Å². The van der Waals surface area contributed by atoms with Gasteiger partial charge in [0.05, 0.1) is 16.2 Å². The Morgan fingerprint density at radius 3 is 2.15 bits per heavy atom. The summed E-state index contributed by atoms with van der Waals surface area (Å²) in [6.07, 6.45) is 3.01. The van der Waals surface area contributed by atoms with E-state index in [9.17, 15) is 0 Å². The number of thioether (sulfide) groups is 1. The third-order valence-electron chi connectivity index (χ3n) is 4.26. The van der Waals surface area contributed by atoms with Crippen molar-refractivity contribution >= 4 is 35.9 Å². The van der Waals surface area contributed by atoms with Gasteiger partial charge in [0, 0.05) is 10.4 Å². The fourth-order valence-electron chi connectivity index (χ4n) is 2.17. The molecule has 0 aliphatic carbocycles. The standard InChI is InChI=1S/C15H22BClO2S/c1-7-10-8-11(13(17)12(9-10)20-6)16-18-14(2,3)15(4,5)19-16/h8-9H,7H2,1-6H3. The molecule has 1 fully saturated rings. The van der Waals surface area contributed by atoms with Crippen molar-refractivity contribution < 1.29 is 9.31 Å². The highest BCUT2D eigenvalue weighted by atomic mass is 35.5. The summed E-state index contributed by atoms with van der Waals surface area (Å²) in [5.41, 5.74) is 1.50. The van der Waals surface area contributed by atoms with Crippen LogP contribution in [0.5, 0.6) is 0 Å². The molecule has 0 unspecified atom stereocenters. The Kier molecular flexibility index (Phi) is 4.51. The number of hydrogen-bond acceptors (Lipinski definition) is 3. The minimum Gasteiger partial charge on any atom is -0.399 e. The van der Waals surface area contributed by atoms with Gasteiger partial charge in [-0.3, -0.25) is 0 Å². The summed E-state index contributed by atoms with van der Waals surface area (Å²) in [6, 6.07) is 4.24. The monoisotopic (exact) mass is 312 g/mol. The molecule has 1 aliphatic heterocycles. The lowest BCUT2D eigenvalue weighted by Gasteiger charge is -2.32. The van der Waals surface area contributed by atoms with Gasteiger partial charge in [-0.2, -0.15) is 0 Å². The smallest absolute Gasteiger partial charge is 0.399 e. The summed E-state index contributed by atoms with van der Waals surface area (Å²) in [6.45, 7) is 10.4. The molecule has 0 radical (unpaired) electrons. The number of aryl methyl sites for hydroxylation is 1. The zero-order chi connectivity index (χ0) is 15.1. The maximum atomic E-state index is 6.52. The molecule has 0 bridgehead atoms. The summed E-state index contributed by atoms with van der Waals surface area (Å²) in [5, 5.41) is 0.744. The van der Waals surface area contributed by atoms with E-state index < -0.39 is 7.12 Å². The van der Waals surface area contributed by atoms with E-state index in [1.807, 2.05) is 6.26 Å². The molecule has 1 aliphatic rings. The van der Waals surface area contributed by atoms with Crippen LogP contribution in [0.25, 0.3) is 0 Å². The molecule has 0 N–H and O–H groups in total. The van der Waals surface area contributed by atoms with Crippen LogP contribution in [0.4, 0.5) is 0 Å². The maximum Gasteiger partial charge on any atom is 0.496 e. The number of halogens is 1. The van der Waals surface area contributed by atoms with Gasteiger partial charge >= 0.3 is 7.12 Å². The molecule has 5 heteroatoms. The van der Waals surface area contributed by atoms with Crippen molar-refractivity contribution in [3.63, 3.8) is 0 Å². The van der Waals surface area contributed by atoms with Crippen LogP contribution in [0.3, 0.4) is 0 Å². The summed E-state index contributed by atoms with van der Waals surface area (Å²) in [5.74, 6) is 0. The third kappa shape index (κ3) is 2.76. The van der Waals surface area contributed by atoms with E-state index in [2.05, 4.69) is 46.8 Å². The highest BCUT2D eigenvalue weighted by Crippen LogP contribution is 2.38. The molecule has 0 aromatic heterocycles. The van der Waals surface area contributed by atoms with Crippen molar-refractivity contribution in [2.75, 3.05) is 6.26 Å². The van der Waals surface area contributed by atoms with Crippen molar-refractivity contribution in [1.82, 2.24) is 0 Å². The second kappa shape index (κ2) is 5.56. The zero-order valence-corrected chi connectivity index (χ0v) is 14.6. The molecule has 20 heavy (non-hydrogen) atoms. The van der Waals surface area contributed by atoms with Crippen molar-refractivity contribution in [1.29, 1.82) is 0 Å². The normalized spacial score (nSPS) is 20.4. The Morgan fingerprint density at radius 1 is 1.15 bits per heavy atom. The first-order valence-corrected chi connectivity index (χ1v) is 8.54. The van der Waals surface area contributed by atoms with E-state index in [-0.39, 0.29) is 11.2 Å². The molecule has 0 saturated carbocycles. The van der Waals surface area contributed by atoms with Gasteiger partial charge in [-0.25, -0.2) is 0 Å². The van der Waals surface area contributed by atoms with Crippen LogP contribution in [0.1, 0.15) is 40.2 Å². The lowest BCUT2D eigenvalue weighted by atomic mass is 9.78. The Labute approximate surface area is 131 Å². The molecular formula is C15H22BClO2S. The van der Waals surface area contributed by atoms with Crippen LogP contribution >= 0.6 is 23.4 Å². The number of hydrogen-bond donors (Lipinski definition) is 0.